The standard InChI is InChI=1S/C17H15ClF5N3O2S/c1-16(2,3)29(27)26-14(10-4-5-11(19)12(18)13(10)20)9-6-24-15(25-7-9)28-8-17(21,22)23/h4-7H,8H2,1-3H3. The third-order valence-corrected chi connectivity index (χ3v) is 5.00. The lowest BCUT2D eigenvalue weighted by atomic mass is 10.0. The van der Waals surface area contributed by atoms with E-state index in [0.717, 1.165) is 24.5 Å². The van der Waals surface area contributed by atoms with E-state index >= 15 is 0 Å². The summed E-state index contributed by atoms with van der Waals surface area (Å²) in [4.78, 5) is 7.25. The molecule has 1 unspecified atom stereocenters. The third-order valence-electron chi connectivity index (χ3n) is 3.25. The normalized spacial score (nSPS) is 14.0. The van der Waals surface area contributed by atoms with Gasteiger partial charge >= 0.3 is 12.2 Å². The summed E-state index contributed by atoms with van der Waals surface area (Å²) in [5.74, 6) is -2.15. The van der Waals surface area contributed by atoms with Crippen molar-refractivity contribution >= 4 is 28.3 Å². The van der Waals surface area contributed by atoms with Crippen molar-refractivity contribution in [3.8, 4) is 6.01 Å². The first-order valence-corrected chi connectivity index (χ1v) is 9.44. The molecule has 0 amide bonds. The number of alkyl halides is 3. The Kier molecular flexibility index (Phi) is 6.94. The Morgan fingerprint density at radius 1 is 1.17 bits per heavy atom. The van der Waals surface area contributed by atoms with Crippen molar-refractivity contribution in [2.45, 2.75) is 31.7 Å². The Hall–Kier alpha value is -2.14. The first-order valence-electron chi connectivity index (χ1n) is 7.96. The highest BCUT2D eigenvalue weighted by Crippen LogP contribution is 2.26. The van der Waals surface area contributed by atoms with Gasteiger partial charge in [-0.15, -0.1) is 0 Å². The van der Waals surface area contributed by atoms with Crippen LogP contribution in [0.2, 0.25) is 5.02 Å². The number of halogens is 6. The van der Waals surface area contributed by atoms with Crippen molar-refractivity contribution < 1.29 is 30.9 Å². The van der Waals surface area contributed by atoms with Crippen LogP contribution in [0.15, 0.2) is 28.9 Å². The molecule has 1 heterocycles. The quantitative estimate of drug-likeness (QED) is 0.374. The molecule has 0 radical (unpaired) electrons. The summed E-state index contributed by atoms with van der Waals surface area (Å²) in [5.41, 5.74) is -0.467. The fourth-order valence-corrected chi connectivity index (χ4v) is 2.65. The van der Waals surface area contributed by atoms with Gasteiger partial charge in [0.05, 0.1) is 10.5 Å². The number of nitrogens with zero attached hydrogens (tertiary/aromatic N) is 3. The fourth-order valence-electron chi connectivity index (χ4n) is 1.85. The van der Waals surface area contributed by atoms with Crippen LogP contribution >= 0.6 is 11.6 Å². The minimum absolute atomic E-state index is 0.0172. The number of hydrogen-bond acceptors (Lipinski definition) is 4. The summed E-state index contributed by atoms with van der Waals surface area (Å²) in [6, 6.07) is 1.38. The van der Waals surface area contributed by atoms with Crippen molar-refractivity contribution in [2.24, 2.45) is 4.40 Å². The zero-order valence-electron chi connectivity index (χ0n) is 15.4. The van der Waals surface area contributed by atoms with Crippen LogP contribution in [0.25, 0.3) is 0 Å². The zero-order chi connectivity index (χ0) is 22.0. The molecule has 0 N–H and O–H groups in total. The van der Waals surface area contributed by atoms with Crippen molar-refractivity contribution in [1.29, 1.82) is 0 Å². The van der Waals surface area contributed by atoms with Crippen LogP contribution in [0.4, 0.5) is 22.0 Å². The SMILES string of the molecule is CC(C)(C)S(=O)N=C(c1cnc(OCC(F)(F)F)nc1)c1ccc(F)c(Cl)c1F. The monoisotopic (exact) mass is 455 g/mol. The number of benzene rings is 1. The van der Waals surface area contributed by atoms with Gasteiger partial charge in [0.2, 0.25) is 0 Å². The summed E-state index contributed by atoms with van der Waals surface area (Å²) in [5, 5.41) is -0.789. The van der Waals surface area contributed by atoms with Crippen LogP contribution in [-0.2, 0) is 11.0 Å². The molecule has 12 heteroatoms. The van der Waals surface area contributed by atoms with Crippen molar-refractivity contribution in [3.63, 3.8) is 0 Å². The van der Waals surface area contributed by atoms with Gasteiger partial charge in [-0.25, -0.2) is 23.0 Å². The van der Waals surface area contributed by atoms with E-state index in [1.54, 1.807) is 20.8 Å². The summed E-state index contributed by atoms with van der Waals surface area (Å²) in [6.07, 6.45) is -2.53. The number of rotatable bonds is 5. The highest BCUT2D eigenvalue weighted by Gasteiger charge is 2.29. The summed E-state index contributed by atoms with van der Waals surface area (Å²) < 4.78 is 84.8. The second-order valence-corrected chi connectivity index (χ2v) is 8.97. The molecule has 1 atom stereocenters. The second kappa shape index (κ2) is 8.70. The molecule has 158 valence electrons. The molecule has 0 bridgehead atoms. The zero-order valence-corrected chi connectivity index (χ0v) is 16.9. The maximum absolute atomic E-state index is 14.5. The molecule has 1 aromatic carbocycles. The molecule has 0 saturated heterocycles. The van der Waals surface area contributed by atoms with E-state index in [1.807, 2.05) is 0 Å². The Morgan fingerprint density at radius 3 is 2.28 bits per heavy atom. The predicted molar refractivity (Wildman–Crippen MR) is 98.5 cm³/mol. The second-order valence-electron chi connectivity index (χ2n) is 6.68. The summed E-state index contributed by atoms with van der Waals surface area (Å²) >= 11 is 5.61. The maximum atomic E-state index is 14.5. The molecular weight excluding hydrogens is 441 g/mol. The van der Waals surface area contributed by atoms with Crippen LogP contribution < -0.4 is 4.74 Å². The molecule has 0 spiro atoms. The molecule has 0 aliphatic heterocycles. The van der Waals surface area contributed by atoms with E-state index in [9.17, 15) is 26.2 Å². The smallest absolute Gasteiger partial charge is 0.422 e. The lowest BCUT2D eigenvalue weighted by Crippen LogP contribution is -2.22. The van der Waals surface area contributed by atoms with Gasteiger partial charge < -0.3 is 4.74 Å². The van der Waals surface area contributed by atoms with Crippen LogP contribution in [0, 0.1) is 11.6 Å². The van der Waals surface area contributed by atoms with E-state index in [1.165, 1.54) is 0 Å². The van der Waals surface area contributed by atoms with Gasteiger partial charge in [0, 0.05) is 23.5 Å². The average molecular weight is 456 g/mol. The van der Waals surface area contributed by atoms with Crippen molar-refractivity contribution in [1.82, 2.24) is 9.97 Å². The van der Waals surface area contributed by atoms with Crippen molar-refractivity contribution in [3.05, 3.63) is 52.3 Å². The Bertz CT molecular complexity index is 944. The maximum Gasteiger partial charge on any atom is 0.422 e. The highest BCUT2D eigenvalue weighted by molar-refractivity contribution is 7.85. The molecule has 0 aliphatic rings. The van der Waals surface area contributed by atoms with Crippen molar-refractivity contribution in [2.75, 3.05) is 6.61 Å². The van der Waals surface area contributed by atoms with Crippen LogP contribution in [0.3, 0.4) is 0 Å². The first kappa shape index (κ1) is 23.1. The largest absolute Gasteiger partial charge is 0.454 e. The molecular formula is C17H15ClF5N3O2S. The van der Waals surface area contributed by atoms with Gasteiger partial charge in [0.1, 0.15) is 21.8 Å². The van der Waals surface area contributed by atoms with Crippen LogP contribution in [0.1, 0.15) is 31.9 Å². The van der Waals surface area contributed by atoms with Crippen LogP contribution in [-0.4, -0.2) is 37.4 Å². The molecule has 0 saturated carbocycles. The molecule has 2 aromatic rings. The molecule has 1 aromatic heterocycles. The number of hydrogen-bond donors (Lipinski definition) is 0. The fraction of sp³-hybridized carbons (Fsp3) is 0.353. The molecule has 0 fully saturated rings. The Balaban J connectivity index is 2.51. The van der Waals surface area contributed by atoms with Gasteiger partial charge in [-0.05, 0) is 32.9 Å². The third kappa shape index (κ3) is 6.17. The number of aromatic nitrogens is 2. The molecule has 2 rings (SSSR count). The summed E-state index contributed by atoms with van der Waals surface area (Å²) in [6.45, 7) is 3.29. The van der Waals surface area contributed by atoms with Gasteiger partial charge in [-0.3, -0.25) is 0 Å². The average Bonchev–Trinajstić information content (AvgIpc) is 2.62. The van der Waals surface area contributed by atoms with E-state index in [4.69, 9.17) is 11.6 Å². The van der Waals surface area contributed by atoms with E-state index in [0.29, 0.717) is 0 Å². The van der Waals surface area contributed by atoms with Gasteiger partial charge in [-0.1, -0.05) is 11.6 Å². The van der Waals surface area contributed by atoms with Gasteiger partial charge in [-0.2, -0.15) is 17.6 Å². The summed E-state index contributed by atoms with van der Waals surface area (Å²) in [7, 11) is -1.86. The Morgan fingerprint density at radius 2 is 1.76 bits per heavy atom. The lowest BCUT2D eigenvalue weighted by molar-refractivity contribution is -0.154. The highest BCUT2D eigenvalue weighted by atomic mass is 35.5. The minimum atomic E-state index is -4.58. The Labute approximate surface area is 170 Å². The van der Waals surface area contributed by atoms with E-state index in [-0.39, 0.29) is 16.8 Å². The van der Waals surface area contributed by atoms with Crippen LogP contribution in [0.5, 0.6) is 6.01 Å². The lowest BCUT2D eigenvalue weighted by Gasteiger charge is -2.16. The molecule has 0 aliphatic carbocycles. The molecule has 29 heavy (non-hydrogen) atoms. The number of ether oxygens (including phenoxy) is 1. The molecule has 5 nitrogen and oxygen atoms in total. The topological polar surface area (TPSA) is 64.4 Å². The van der Waals surface area contributed by atoms with E-state index < -0.39 is 51.2 Å². The van der Waals surface area contributed by atoms with E-state index in [2.05, 4.69) is 19.1 Å². The predicted octanol–water partition coefficient (Wildman–Crippen LogP) is 4.65. The van der Waals surface area contributed by atoms with Gasteiger partial charge in [0.25, 0.3) is 0 Å². The minimum Gasteiger partial charge on any atom is -0.454 e. The first-order chi connectivity index (χ1) is 13.3. The van der Waals surface area contributed by atoms with Gasteiger partial charge in [0.15, 0.2) is 12.4 Å².